The molecule has 4 rings (SSSR count). The molecule has 7 heteroatoms. The maximum Gasteiger partial charge on any atom is 0.221 e. The van der Waals surface area contributed by atoms with E-state index in [1.807, 2.05) is 31.5 Å². The van der Waals surface area contributed by atoms with E-state index in [-0.39, 0.29) is 6.61 Å². The SMILES string of the molecule is COc1ccc([C@H]2C[C@@H]2COc2ncc(C)cc2-c2cnn(CCO)c2)nc1. The molecule has 2 atom stereocenters. The number of aromatic nitrogens is 4. The highest BCUT2D eigenvalue weighted by Crippen LogP contribution is 2.47. The van der Waals surface area contributed by atoms with Gasteiger partial charge in [-0.25, -0.2) is 4.98 Å². The predicted octanol–water partition coefficient (Wildman–Crippen LogP) is 2.83. The molecule has 1 fully saturated rings. The summed E-state index contributed by atoms with van der Waals surface area (Å²) >= 11 is 0. The van der Waals surface area contributed by atoms with Crippen molar-refractivity contribution < 1.29 is 14.6 Å². The van der Waals surface area contributed by atoms with Crippen LogP contribution in [0.5, 0.6) is 11.6 Å². The smallest absolute Gasteiger partial charge is 0.221 e. The lowest BCUT2D eigenvalue weighted by atomic mass is 10.1. The quantitative estimate of drug-likeness (QED) is 0.647. The monoisotopic (exact) mass is 380 g/mol. The Morgan fingerprint density at radius 2 is 2.11 bits per heavy atom. The molecule has 1 aliphatic carbocycles. The third-order valence-electron chi connectivity index (χ3n) is 4.99. The summed E-state index contributed by atoms with van der Waals surface area (Å²) in [6.45, 7) is 3.13. The lowest BCUT2D eigenvalue weighted by molar-refractivity contribution is 0.269. The summed E-state index contributed by atoms with van der Waals surface area (Å²) in [6, 6.07) is 6.02. The molecule has 0 spiro atoms. The van der Waals surface area contributed by atoms with Crippen LogP contribution in [0.2, 0.25) is 0 Å². The van der Waals surface area contributed by atoms with Crippen molar-refractivity contribution in [3.8, 4) is 22.8 Å². The van der Waals surface area contributed by atoms with Gasteiger partial charge in [-0.1, -0.05) is 0 Å². The minimum atomic E-state index is 0.0546. The lowest BCUT2D eigenvalue weighted by Crippen LogP contribution is -2.04. The van der Waals surface area contributed by atoms with Crippen LogP contribution in [0.15, 0.2) is 43.0 Å². The highest BCUT2D eigenvalue weighted by molar-refractivity contribution is 5.67. The van der Waals surface area contributed by atoms with Gasteiger partial charge in [0, 0.05) is 41.1 Å². The number of pyridine rings is 2. The van der Waals surface area contributed by atoms with Crippen LogP contribution in [0, 0.1) is 12.8 Å². The molecule has 0 amide bonds. The molecule has 3 heterocycles. The summed E-state index contributed by atoms with van der Waals surface area (Å²) in [5, 5.41) is 13.4. The maximum atomic E-state index is 9.09. The molecular weight excluding hydrogens is 356 g/mol. The topological polar surface area (TPSA) is 82.3 Å². The molecule has 3 aromatic rings. The molecule has 1 aliphatic rings. The van der Waals surface area contributed by atoms with Gasteiger partial charge >= 0.3 is 0 Å². The number of aliphatic hydroxyl groups excluding tert-OH is 1. The summed E-state index contributed by atoms with van der Waals surface area (Å²) in [5.41, 5.74) is 3.99. The third-order valence-corrected chi connectivity index (χ3v) is 4.99. The Balaban J connectivity index is 1.43. The van der Waals surface area contributed by atoms with Gasteiger partial charge in [-0.05, 0) is 37.1 Å². The Kier molecular flexibility index (Phi) is 5.25. The van der Waals surface area contributed by atoms with Gasteiger partial charge in [0.05, 0.1) is 39.3 Å². The summed E-state index contributed by atoms with van der Waals surface area (Å²) in [6.07, 6.45) is 8.32. The van der Waals surface area contributed by atoms with Crippen LogP contribution in [0.25, 0.3) is 11.1 Å². The van der Waals surface area contributed by atoms with E-state index >= 15 is 0 Å². The molecule has 28 heavy (non-hydrogen) atoms. The van der Waals surface area contributed by atoms with E-state index in [1.54, 1.807) is 24.2 Å². The second-order valence-corrected chi connectivity index (χ2v) is 7.12. The average molecular weight is 380 g/mol. The Morgan fingerprint density at radius 1 is 1.21 bits per heavy atom. The van der Waals surface area contributed by atoms with Gasteiger partial charge in [-0.2, -0.15) is 5.10 Å². The normalized spacial score (nSPS) is 18.1. The number of hydrogen-bond acceptors (Lipinski definition) is 6. The van der Waals surface area contributed by atoms with Gasteiger partial charge in [0.2, 0.25) is 5.88 Å². The van der Waals surface area contributed by atoms with E-state index in [9.17, 15) is 0 Å². The predicted molar refractivity (Wildman–Crippen MR) is 104 cm³/mol. The summed E-state index contributed by atoms with van der Waals surface area (Å²) in [7, 11) is 1.64. The van der Waals surface area contributed by atoms with E-state index < -0.39 is 0 Å². The molecule has 7 nitrogen and oxygen atoms in total. The molecule has 0 radical (unpaired) electrons. The largest absolute Gasteiger partial charge is 0.495 e. The highest BCUT2D eigenvalue weighted by Gasteiger charge is 2.40. The number of nitrogens with zero attached hydrogens (tertiary/aromatic N) is 4. The van der Waals surface area contributed by atoms with Crippen LogP contribution < -0.4 is 9.47 Å². The fourth-order valence-corrected chi connectivity index (χ4v) is 3.32. The Labute approximate surface area is 164 Å². The van der Waals surface area contributed by atoms with Gasteiger partial charge in [-0.15, -0.1) is 0 Å². The van der Waals surface area contributed by atoms with Gasteiger partial charge < -0.3 is 14.6 Å². The molecule has 0 aromatic carbocycles. The van der Waals surface area contributed by atoms with Crippen molar-refractivity contribution in [2.24, 2.45) is 5.92 Å². The second-order valence-electron chi connectivity index (χ2n) is 7.12. The van der Waals surface area contributed by atoms with Crippen LogP contribution in [0.1, 0.15) is 23.6 Å². The zero-order valence-corrected chi connectivity index (χ0v) is 16.1. The van der Waals surface area contributed by atoms with Crippen LogP contribution >= 0.6 is 0 Å². The van der Waals surface area contributed by atoms with Gasteiger partial charge in [-0.3, -0.25) is 9.67 Å². The van der Waals surface area contributed by atoms with E-state index in [0.717, 1.165) is 34.6 Å². The molecule has 0 aliphatic heterocycles. The van der Waals surface area contributed by atoms with Crippen LogP contribution in [0.3, 0.4) is 0 Å². The number of aryl methyl sites for hydroxylation is 1. The molecule has 0 saturated heterocycles. The number of aliphatic hydroxyl groups is 1. The third kappa shape index (κ3) is 3.99. The van der Waals surface area contributed by atoms with E-state index in [0.29, 0.717) is 30.9 Å². The van der Waals surface area contributed by atoms with Crippen molar-refractivity contribution in [2.45, 2.75) is 25.8 Å². The molecule has 0 bridgehead atoms. The van der Waals surface area contributed by atoms with Crippen LogP contribution in [-0.4, -0.2) is 45.2 Å². The number of rotatable bonds is 8. The lowest BCUT2D eigenvalue weighted by Gasteiger charge is -2.10. The van der Waals surface area contributed by atoms with Crippen molar-refractivity contribution in [1.82, 2.24) is 19.7 Å². The first kappa shape index (κ1) is 18.4. The van der Waals surface area contributed by atoms with Crippen LogP contribution in [-0.2, 0) is 6.54 Å². The molecule has 1 saturated carbocycles. The zero-order valence-electron chi connectivity index (χ0n) is 16.1. The number of methoxy groups -OCH3 is 1. The first-order valence-electron chi connectivity index (χ1n) is 9.41. The number of ether oxygens (including phenoxy) is 2. The minimum absolute atomic E-state index is 0.0546. The van der Waals surface area contributed by atoms with E-state index in [4.69, 9.17) is 14.6 Å². The van der Waals surface area contributed by atoms with Gasteiger partial charge in [0.15, 0.2) is 0 Å². The maximum absolute atomic E-state index is 9.09. The fraction of sp³-hybridized carbons (Fsp3) is 0.381. The summed E-state index contributed by atoms with van der Waals surface area (Å²) in [5.74, 6) is 2.25. The summed E-state index contributed by atoms with van der Waals surface area (Å²) in [4.78, 5) is 8.98. The average Bonchev–Trinajstić information content (AvgIpc) is 3.35. The molecule has 0 unspecified atom stereocenters. The van der Waals surface area contributed by atoms with Crippen molar-refractivity contribution in [1.29, 1.82) is 0 Å². The molecule has 146 valence electrons. The molecule has 3 aromatic heterocycles. The van der Waals surface area contributed by atoms with E-state index in [1.165, 1.54) is 0 Å². The van der Waals surface area contributed by atoms with Crippen molar-refractivity contribution in [3.63, 3.8) is 0 Å². The van der Waals surface area contributed by atoms with Crippen molar-refractivity contribution in [3.05, 3.63) is 54.2 Å². The first-order valence-corrected chi connectivity index (χ1v) is 9.41. The Morgan fingerprint density at radius 3 is 2.86 bits per heavy atom. The zero-order chi connectivity index (χ0) is 19.5. The fourth-order valence-electron chi connectivity index (χ4n) is 3.32. The van der Waals surface area contributed by atoms with Crippen molar-refractivity contribution >= 4 is 0 Å². The Bertz CT molecular complexity index is 939. The van der Waals surface area contributed by atoms with Crippen molar-refractivity contribution in [2.75, 3.05) is 20.3 Å². The highest BCUT2D eigenvalue weighted by atomic mass is 16.5. The second kappa shape index (κ2) is 7.98. The van der Waals surface area contributed by atoms with Crippen LogP contribution in [0.4, 0.5) is 0 Å². The van der Waals surface area contributed by atoms with Gasteiger partial charge in [0.25, 0.3) is 0 Å². The Hall–Kier alpha value is -2.93. The number of hydrogen-bond donors (Lipinski definition) is 1. The van der Waals surface area contributed by atoms with E-state index in [2.05, 4.69) is 21.1 Å². The molecular formula is C21H24N4O3. The summed E-state index contributed by atoms with van der Waals surface area (Å²) < 4.78 is 13.0. The standard InChI is InChI=1S/C21H24N4O3/c1-14-7-19(16-10-24-25(12-16)5-6-26)21(23-9-14)28-13-15-8-18(15)20-4-3-17(27-2)11-22-20/h3-4,7,9-12,15,18,26H,5-6,8,13H2,1-2H3/t15-,18+/m1/s1. The first-order chi connectivity index (χ1) is 13.7. The minimum Gasteiger partial charge on any atom is -0.495 e. The van der Waals surface area contributed by atoms with Gasteiger partial charge in [0.1, 0.15) is 5.75 Å². The molecule has 1 N–H and O–H groups in total.